The zero-order chi connectivity index (χ0) is 18.2. The number of hydrogen-bond donors (Lipinski definition) is 2. The number of fused-ring (bicyclic) bond motifs is 2. The topological polar surface area (TPSA) is 67.4 Å². The van der Waals surface area contributed by atoms with Gasteiger partial charge in [0.2, 0.25) is 5.91 Å². The van der Waals surface area contributed by atoms with Crippen LogP contribution in [0.25, 0.3) is 0 Å². The molecular formula is C19H23FN2O3. The summed E-state index contributed by atoms with van der Waals surface area (Å²) < 4.78 is 18.3. The molecule has 4 unspecified atom stereocenters. The van der Waals surface area contributed by atoms with E-state index in [2.05, 4.69) is 10.6 Å². The Labute approximate surface area is 146 Å². The molecule has 2 bridgehead atoms. The molecule has 2 aliphatic carbocycles. The van der Waals surface area contributed by atoms with Gasteiger partial charge in [-0.25, -0.2) is 9.18 Å². The molecule has 25 heavy (non-hydrogen) atoms. The van der Waals surface area contributed by atoms with Crippen LogP contribution in [0.2, 0.25) is 0 Å². The van der Waals surface area contributed by atoms with Crippen LogP contribution in [0, 0.1) is 23.6 Å². The van der Waals surface area contributed by atoms with Gasteiger partial charge in [-0.05, 0) is 63.3 Å². The predicted octanol–water partition coefficient (Wildman–Crippen LogP) is 3.48. The van der Waals surface area contributed by atoms with Crippen LogP contribution in [0.15, 0.2) is 36.4 Å². The summed E-state index contributed by atoms with van der Waals surface area (Å²) in [6, 6.07) is 5.34. The van der Waals surface area contributed by atoms with Crippen LogP contribution >= 0.6 is 0 Å². The summed E-state index contributed by atoms with van der Waals surface area (Å²) in [5.41, 5.74) is -0.0576. The Kier molecular flexibility index (Phi) is 4.54. The summed E-state index contributed by atoms with van der Waals surface area (Å²) in [7, 11) is 0. The van der Waals surface area contributed by atoms with E-state index in [1.807, 2.05) is 12.2 Å². The van der Waals surface area contributed by atoms with Gasteiger partial charge < -0.3 is 15.4 Å². The second-order valence-electron chi connectivity index (χ2n) is 7.64. The molecule has 6 heteroatoms. The zero-order valence-corrected chi connectivity index (χ0v) is 14.6. The minimum atomic E-state index is -0.594. The van der Waals surface area contributed by atoms with Gasteiger partial charge in [0.25, 0.3) is 0 Å². The Morgan fingerprint density at radius 1 is 1.12 bits per heavy atom. The molecule has 1 saturated carbocycles. The number of carbonyl (C=O) groups is 2. The van der Waals surface area contributed by atoms with Crippen LogP contribution in [0.5, 0.6) is 0 Å². The van der Waals surface area contributed by atoms with Crippen LogP contribution in [0.4, 0.5) is 14.9 Å². The van der Waals surface area contributed by atoms with E-state index < -0.39 is 11.7 Å². The highest BCUT2D eigenvalue weighted by atomic mass is 19.1. The van der Waals surface area contributed by atoms with Crippen molar-refractivity contribution < 1.29 is 18.7 Å². The van der Waals surface area contributed by atoms with E-state index in [-0.39, 0.29) is 35.5 Å². The minimum Gasteiger partial charge on any atom is -0.444 e. The number of carbonyl (C=O) groups excluding carboxylic acids is 2. The third-order valence-corrected chi connectivity index (χ3v) is 4.56. The number of alkyl carbamates (subject to hydrolysis) is 1. The normalized spacial score (nSPS) is 27.2. The van der Waals surface area contributed by atoms with Gasteiger partial charge in [0.15, 0.2) is 0 Å². The van der Waals surface area contributed by atoms with E-state index in [0.29, 0.717) is 5.69 Å². The maximum Gasteiger partial charge on any atom is 0.407 e. The average molecular weight is 346 g/mol. The summed E-state index contributed by atoms with van der Waals surface area (Å²) in [5.74, 6) is -0.686. The summed E-state index contributed by atoms with van der Waals surface area (Å²) in [6.45, 7) is 5.39. The summed E-state index contributed by atoms with van der Waals surface area (Å²) in [5, 5.41) is 5.68. The predicted molar refractivity (Wildman–Crippen MR) is 92.4 cm³/mol. The Hall–Kier alpha value is -2.37. The first-order chi connectivity index (χ1) is 11.7. The molecule has 1 aromatic rings. The largest absolute Gasteiger partial charge is 0.444 e. The van der Waals surface area contributed by atoms with Gasteiger partial charge in [0.1, 0.15) is 11.4 Å². The Bertz CT molecular complexity index is 694. The summed E-state index contributed by atoms with van der Waals surface area (Å²) >= 11 is 0. The Balaban J connectivity index is 1.70. The first-order valence-electron chi connectivity index (χ1n) is 8.47. The van der Waals surface area contributed by atoms with Crippen molar-refractivity contribution in [3.05, 3.63) is 42.2 Å². The van der Waals surface area contributed by atoms with Crippen LogP contribution in [0.3, 0.4) is 0 Å². The number of amides is 2. The van der Waals surface area contributed by atoms with Crippen LogP contribution < -0.4 is 10.6 Å². The molecule has 0 aromatic heterocycles. The van der Waals surface area contributed by atoms with Gasteiger partial charge in [-0.1, -0.05) is 12.2 Å². The van der Waals surface area contributed by atoms with Crippen molar-refractivity contribution in [3.8, 4) is 0 Å². The number of nitrogens with one attached hydrogen (secondary N) is 2. The molecule has 5 nitrogen and oxygen atoms in total. The second-order valence-corrected chi connectivity index (χ2v) is 7.64. The molecule has 2 N–H and O–H groups in total. The van der Waals surface area contributed by atoms with Gasteiger partial charge in [0.05, 0.1) is 12.0 Å². The van der Waals surface area contributed by atoms with Crippen LogP contribution in [0.1, 0.15) is 27.2 Å². The standard InChI is InChI=1S/C19H23FN2O3/c1-19(2,3)25-18(24)22-16-12-5-4-11(10-12)15(16)17(23)21-14-8-6-13(20)7-9-14/h4-9,11-12,15-16H,10H2,1-3H3,(H,21,23)(H,22,24). The molecule has 3 rings (SSSR count). The van der Waals surface area contributed by atoms with Crippen molar-refractivity contribution in [1.29, 1.82) is 0 Å². The lowest BCUT2D eigenvalue weighted by atomic mass is 9.88. The van der Waals surface area contributed by atoms with E-state index in [4.69, 9.17) is 4.74 Å². The molecule has 0 saturated heterocycles. The summed E-state index contributed by atoms with van der Waals surface area (Å²) in [4.78, 5) is 24.9. The van der Waals surface area contributed by atoms with Crippen molar-refractivity contribution in [2.75, 3.05) is 5.32 Å². The molecule has 4 atom stereocenters. The smallest absolute Gasteiger partial charge is 0.407 e. The summed E-state index contributed by atoms with van der Waals surface area (Å²) in [6.07, 6.45) is 4.40. The van der Waals surface area contributed by atoms with E-state index in [9.17, 15) is 14.0 Å². The molecule has 0 heterocycles. The number of rotatable bonds is 3. The molecule has 2 aliphatic rings. The Morgan fingerprint density at radius 2 is 1.76 bits per heavy atom. The van der Waals surface area contributed by atoms with Gasteiger partial charge >= 0.3 is 6.09 Å². The van der Waals surface area contributed by atoms with Crippen molar-refractivity contribution >= 4 is 17.7 Å². The fourth-order valence-corrected chi connectivity index (χ4v) is 3.58. The van der Waals surface area contributed by atoms with Gasteiger partial charge in [-0.15, -0.1) is 0 Å². The third kappa shape index (κ3) is 4.00. The highest BCUT2D eigenvalue weighted by molar-refractivity contribution is 5.94. The SMILES string of the molecule is CC(C)(C)OC(=O)NC1C2C=CC(C2)C1C(=O)Nc1ccc(F)cc1. The van der Waals surface area contributed by atoms with Crippen LogP contribution in [-0.2, 0) is 9.53 Å². The highest BCUT2D eigenvalue weighted by Crippen LogP contribution is 2.44. The van der Waals surface area contributed by atoms with E-state index in [1.54, 1.807) is 20.8 Å². The maximum absolute atomic E-state index is 13.0. The molecular weight excluding hydrogens is 323 g/mol. The van der Waals surface area contributed by atoms with Crippen molar-refractivity contribution in [1.82, 2.24) is 5.32 Å². The molecule has 1 aromatic carbocycles. The second kappa shape index (κ2) is 6.50. The molecule has 2 amide bonds. The lowest BCUT2D eigenvalue weighted by Crippen LogP contribution is -2.48. The fourth-order valence-electron chi connectivity index (χ4n) is 3.58. The number of ether oxygens (including phenoxy) is 1. The molecule has 0 spiro atoms. The number of benzene rings is 1. The van der Waals surface area contributed by atoms with E-state index in [0.717, 1.165) is 6.42 Å². The Morgan fingerprint density at radius 3 is 2.40 bits per heavy atom. The molecule has 134 valence electrons. The van der Waals surface area contributed by atoms with Gasteiger partial charge in [-0.2, -0.15) is 0 Å². The molecule has 1 fully saturated rings. The zero-order valence-electron chi connectivity index (χ0n) is 14.6. The van der Waals surface area contributed by atoms with E-state index in [1.165, 1.54) is 24.3 Å². The minimum absolute atomic E-state index is 0.0883. The van der Waals surface area contributed by atoms with Gasteiger partial charge in [0, 0.05) is 5.69 Å². The quantitative estimate of drug-likeness (QED) is 0.824. The number of anilines is 1. The van der Waals surface area contributed by atoms with Crippen molar-refractivity contribution in [3.63, 3.8) is 0 Å². The average Bonchev–Trinajstić information content (AvgIpc) is 3.08. The lowest BCUT2D eigenvalue weighted by Gasteiger charge is -2.29. The maximum atomic E-state index is 13.0. The highest BCUT2D eigenvalue weighted by Gasteiger charge is 2.49. The number of hydrogen-bond acceptors (Lipinski definition) is 3. The molecule has 0 radical (unpaired) electrons. The first-order valence-corrected chi connectivity index (χ1v) is 8.47. The number of allylic oxidation sites excluding steroid dienone is 1. The fraction of sp³-hybridized carbons (Fsp3) is 0.474. The van der Waals surface area contributed by atoms with Crippen molar-refractivity contribution in [2.45, 2.75) is 38.8 Å². The third-order valence-electron chi connectivity index (χ3n) is 4.56. The van der Waals surface area contributed by atoms with Gasteiger partial charge in [-0.3, -0.25) is 4.79 Å². The molecule has 0 aliphatic heterocycles. The van der Waals surface area contributed by atoms with Crippen LogP contribution in [-0.4, -0.2) is 23.6 Å². The monoisotopic (exact) mass is 346 g/mol. The van der Waals surface area contributed by atoms with E-state index >= 15 is 0 Å². The first kappa shape index (κ1) is 17.5. The lowest BCUT2D eigenvalue weighted by molar-refractivity contribution is -0.121. The van der Waals surface area contributed by atoms with Crippen molar-refractivity contribution in [2.24, 2.45) is 17.8 Å². The number of halogens is 1.